The number of fused-ring (bicyclic) bond motifs is 1. The Kier molecular flexibility index (Phi) is 7.18. The van der Waals surface area contributed by atoms with Crippen molar-refractivity contribution >= 4 is 21.8 Å². The van der Waals surface area contributed by atoms with Crippen LogP contribution in [-0.4, -0.2) is 46.5 Å². The molecule has 0 radical (unpaired) electrons. The standard InChI is InChI=1S/C20H19F2NO7S/c21-13-3-5-16(22)15(10-13)17(24)12-30-20(25)2-1-7-23-31(26,27)14-4-6-18-19(11-14)29-9-8-28-18/h3-6,10-11,23H,1-2,7-9,12H2. The van der Waals surface area contributed by atoms with Crippen molar-refractivity contribution in [2.75, 3.05) is 26.4 Å². The minimum absolute atomic E-state index is 0.0120. The van der Waals surface area contributed by atoms with E-state index in [0.29, 0.717) is 24.7 Å². The van der Waals surface area contributed by atoms with Crippen LogP contribution in [0.4, 0.5) is 8.78 Å². The van der Waals surface area contributed by atoms with Crippen LogP contribution < -0.4 is 14.2 Å². The molecule has 166 valence electrons. The Morgan fingerprint density at radius 1 is 1.03 bits per heavy atom. The van der Waals surface area contributed by atoms with Gasteiger partial charge >= 0.3 is 5.97 Å². The molecule has 2 aromatic carbocycles. The van der Waals surface area contributed by atoms with Crippen molar-refractivity contribution in [1.82, 2.24) is 4.72 Å². The van der Waals surface area contributed by atoms with Crippen molar-refractivity contribution in [2.24, 2.45) is 0 Å². The lowest BCUT2D eigenvalue weighted by molar-refractivity contribution is -0.142. The molecule has 0 unspecified atom stereocenters. The van der Waals surface area contributed by atoms with E-state index in [0.717, 1.165) is 18.2 Å². The molecule has 31 heavy (non-hydrogen) atoms. The van der Waals surface area contributed by atoms with E-state index in [4.69, 9.17) is 14.2 Å². The molecule has 0 saturated heterocycles. The van der Waals surface area contributed by atoms with Gasteiger partial charge in [0.15, 0.2) is 18.1 Å². The monoisotopic (exact) mass is 455 g/mol. The summed E-state index contributed by atoms with van der Waals surface area (Å²) in [4.78, 5) is 23.6. The quantitative estimate of drug-likeness (QED) is 0.351. The number of carbonyl (C=O) groups is 2. The molecule has 3 rings (SSSR count). The molecule has 0 fully saturated rings. The number of rotatable bonds is 9. The zero-order valence-electron chi connectivity index (χ0n) is 16.2. The van der Waals surface area contributed by atoms with E-state index in [1.165, 1.54) is 18.2 Å². The van der Waals surface area contributed by atoms with Crippen LogP contribution in [0.3, 0.4) is 0 Å². The van der Waals surface area contributed by atoms with Gasteiger partial charge in [0.05, 0.1) is 10.5 Å². The zero-order valence-corrected chi connectivity index (χ0v) is 17.0. The molecule has 1 N–H and O–H groups in total. The van der Waals surface area contributed by atoms with E-state index in [9.17, 15) is 26.8 Å². The molecule has 0 aromatic heterocycles. The molecule has 11 heteroatoms. The Morgan fingerprint density at radius 3 is 2.55 bits per heavy atom. The maximum atomic E-state index is 13.5. The first-order valence-electron chi connectivity index (χ1n) is 9.29. The number of ether oxygens (including phenoxy) is 3. The van der Waals surface area contributed by atoms with Crippen molar-refractivity contribution in [3.8, 4) is 11.5 Å². The number of halogens is 2. The van der Waals surface area contributed by atoms with Crippen molar-refractivity contribution in [2.45, 2.75) is 17.7 Å². The number of hydrogen-bond donors (Lipinski definition) is 1. The minimum atomic E-state index is -3.83. The van der Waals surface area contributed by atoms with Crippen LogP contribution >= 0.6 is 0 Å². The molecule has 1 aliphatic rings. The highest BCUT2D eigenvalue weighted by Gasteiger charge is 2.19. The van der Waals surface area contributed by atoms with Gasteiger partial charge in [-0.2, -0.15) is 0 Å². The SMILES string of the molecule is O=C(CCCNS(=O)(=O)c1ccc2c(c1)OCCO2)OCC(=O)c1cc(F)ccc1F. The lowest BCUT2D eigenvalue weighted by Crippen LogP contribution is -2.26. The Balaban J connectivity index is 1.43. The van der Waals surface area contributed by atoms with E-state index < -0.39 is 45.6 Å². The first-order valence-corrected chi connectivity index (χ1v) is 10.8. The first kappa shape index (κ1) is 22.6. The van der Waals surface area contributed by atoms with Gasteiger partial charge in [-0.3, -0.25) is 9.59 Å². The third kappa shape index (κ3) is 5.98. The summed E-state index contributed by atoms with van der Waals surface area (Å²) in [6.45, 7) is -0.100. The molecule has 1 heterocycles. The molecule has 0 amide bonds. The van der Waals surface area contributed by atoms with Gasteiger partial charge in [0, 0.05) is 19.0 Å². The summed E-state index contributed by atoms with van der Waals surface area (Å²) in [5.74, 6) is -2.58. The fourth-order valence-corrected chi connectivity index (χ4v) is 3.81. The van der Waals surface area contributed by atoms with Crippen molar-refractivity contribution in [1.29, 1.82) is 0 Å². The Hall–Kier alpha value is -3.05. The van der Waals surface area contributed by atoms with Crippen molar-refractivity contribution in [3.05, 3.63) is 53.6 Å². The molecule has 0 aliphatic carbocycles. The van der Waals surface area contributed by atoms with E-state index in [2.05, 4.69) is 4.72 Å². The number of sulfonamides is 1. The smallest absolute Gasteiger partial charge is 0.306 e. The highest BCUT2D eigenvalue weighted by Crippen LogP contribution is 2.32. The predicted molar refractivity (Wildman–Crippen MR) is 104 cm³/mol. The number of carbonyl (C=O) groups excluding carboxylic acids is 2. The van der Waals surface area contributed by atoms with Gasteiger partial charge in [-0.05, 0) is 36.8 Å². The second kappa shape index (κ2) is 9.84. The second-order valence-corrected chi connectivity index (χ2v) is 8.28. The van der Waals surface area contributed by atoms with Crippen LogP contribution in [0.25, 0.3) is 0 Å². The van der Waals surface area contributed by atoms with Gasteiger partial charge in [-0.15, -0.1) is 0 Å². The van der Waals surface area contributed by atoms with Gasteiger partial charge in [0.1, 0.15) is 24.8 Å². The molecule has 1 aliphatic heterocycles. The molecular formula is C20H19F2NO7S. The number of hydrogen-bond acceptors (Lipinski definition) is 7. The molecule has 0 bridgehead atoms. The number of ketones is 1. The Labute approximate surface area is 177 Å². The largest absolute Gasteiger partial charge is 0.486 e. The number of nitrogens with one attached hydrogen (secondary N) is 1. The lowest BCUT2D eigenvalue weighted by atomic mass is 10.1. The Bertz CT molecular complexity index is 1090. The fraction of sp³-hybridized carbons (Fsp3) is 0.300. The van der Waals surface area contributed by atoms with Gasteiger partial charge < -0.3 is 14.2 Å². The summed E-state index contributed by atoms with van der Waals surface area (Å²) in [6.07, 6.45) is -0.0757. The van der Waals surface area contributed by atoms with Crippen molar-refractivity contribution in [3.63, 3.8) is 0 Å². The number of Topliss-reactive ketones (excluding diaryl/α,β-unsaturated/α-hetero) is 1. The maximum absolute atomic E-state index is 13.5. The minimum Gasteiger partial charge on any atom is -0.486 e. The van der Waals surface area contributed by atoms with E-state index in [1.807, 2.05) is 0 Å². The molecule has 8 nitrogen and oxygen atoms in total. The first-order chi connectivity index (χ1) is 14.8. The van der Waals surface area contributed by atoms with Crippen LogP contribution in [0, 0.1) is 11.6 Å². The average Bonchev–Trinajstić information content (AvgIpc) is 2.76. The molecule has 2 aromatic rings. The molecule has 0 spiro atoms. The molecule has 0 saturated carbocycles. The summed E-state index contributed by atoms with van der Waals surface area (Å²) in [5.41, 5.74) is -0.514. The Morgan fingerprint density at radius 2 is 1.77 bits per heavy atom. The highest BCUT2D eigenvalue weighted by molar-refractivity contribution is 7.89. The van der Waals surface area contributed by atoms with Crippen LogP contribution in [-0.2, 0) is 19.6 Å². The number of benzene rings is 2. The van der Waals surface area contributed by atoms with Gasteiger partial charge in [-0.1, -0.05) is 0 Å². The van der Waals surface area contributed by atoms with Gasteiger partial charge in [0.25, 0.3) is 0 Å². The molecule has 0 atom stereocenters. The summed E-state index contributed by atoms with van der Waals surface area (Å²) < 4.78 is 69.2. The number of esters is 1. The van der Waals surface area contributed by atoms with Gasteiger partial charge in [0.2, 0.25) is 15.8 Å². The average molecular weight is 455 g/mol. The lowest BCUT2D eigenvalue weighted by Gasteiger charge is -2.18. The zero-order chi connectivity index (χ0) is 22.4. The van der Waals surface area contributed by atoms with Crippen LogP contribution in [0.2, 0.25) is 0 Å². The van der Waals surface area contributed by atoms with Crippen LogP contribution in [0.15, 0.2) is 41.3 Å². The second-order valence-electron chi connectivity index (χ2n) is 6.51. The maximum Gasteiger partial charge on any atom is 0.306 e. The van der Waals surface area contributed by atoms with Gasteiger partial charge in [-0.25, -0.2) is 21.9 Å². The van der Waals surface area contributed by atoms with E-state index in [-0.39, 0.29) is 24.3 Å². The van der Waals surface area contributed by atoms with Crippen LogP contribution in [0.1, 0.15) is 23.2 Å². The molecular weight excluding hydrogens is 436 g/mol. The highest BCUT2D eigenvalue weighted by atomic mass is 32.2. The predicted octanol–water partition coefficient (Wildman–Crippen LogP) is 2.22. The summed E-state index contributed by atoms with van der Waals surface area (Å²) >= 11 is 0. The summed E-state index contributed by atoms with van der Waals surface area (Å²) in [6, 6.07) is 6.61. The summed E-state index contributed by atoms with van der Waals surface area (Å²) in [5, 5.41) is 0. The fourth-order valence-electron chi connectivity index (χ4n) is 2.72. The van der Waals surface area contributed by atoms with E-state index >= 15 is 0 Å². The third-order valence-electron chi connectivity index (χ3n) is 4.27. The van der Waals surface area contributed by atoms with Crippen molar-refractivity contribution < 1.29 is 41.0 Å². The normalized spacial score (nSPS) is 13.0. The third-order valence-corrected chi connectivity index (χ3v) is 5.73. The topological polar surface area (TPSA) is 108 Å². The van der Waals surface area contributed by atoms with Crippen LogP contribution in [0.5, 0.6) is 11.5 Å². The summed E-state index contributed by atoms with van der Waals surface area (Å²) in [7, 11) is -3.83. The van der Waals surface area contributed by atoms with E-state index in [1.54, 1.807) is 0 Å².